The molecule has 2 heterocycles. The van der Waals surface area contributed by atoms with Gasteiger partial charge in [-0.05, 0) is 58.9 Å². The molecule has 0 radical (unpaired) electrons. The van der Waals surface area contributed by atoms with Gasteiger partial charge in [-0.15, -0.1) is 0 Å². The Labute approximate surface area is 212 Å². The highest BCUT2D eigenvalue weighted by Crippen LogP contribution is 2.41. The Balaban J connectivity index is 1.69. The maximum absolute atomic E-state index is 15.2. The number of ether oxygens (including phenoxy) is 1. The Morgan fingerprint density at radius 1 is 1.22 bits per heavy atom. The number of thioether (sulfide) groups is 1. The van der Waals surface area contributed by atoms with Crippen molar-refractivity contribution in [3.63, 3.8) is 0 Å². The van der Waals surface area contributed by atoms with Crippen molar-refractivity contribution in [2.45, 2.75) is 83.2 Å². The van der Waals surface area contributed by atoms with Gasteiger partial charge in [0.25, 0.3) is 0 Å². The SMILES string of the molecule is CCc1c(C(=O)O)c(=O)c2cc(F)c(F)c(CSCC3CCCN3C(=O)OC(C)(C)C)c2n1C1CC1. The highest BCUT2D eigenvalue weighted by molar-refractivity contribution is 7.98. The number of rotatable bonds is 7. The number of carboxylic acids is 1. The van der Waals surface area contributed by atoms with Crippen LogP contribution in [0.1, 0.15) is 81.0 Å². The van der Waals surface area contributed by atoms with Gasteiger partial charge in [-0.3, -0.25) is 4.79 Å². The summed E-state index contributed by atoms with van der Waals surface area (Å²) in [5, 5.41) is 9.62. The number of pyridine rings is 1. The third-order valence-corrected chi connectivity index (χ3v) is 7.71. The molecule has 1 amide bonds. The molecule has 4 rings (SSSR count). The monoisotopic (exact) mass is 522 g/mol. The molecule has 1 aromatic carbocycles. The van der Waals surface area contributed by atoms with Crippen LogP contribution in [-0.4, -0.2) is 50.6 Å². The van der Waals surface area contributed by atoms with Crippen LogP contribution in [0.4, 0.5) is 13.6 Å². The average Bonchev–Trinajstić information content (AvgIpc) is 3.51. The van der Waals surface area contributed by atoms with E-state index in [9.17, 15) is 23.9 Å². The summed E-state index contributed by atoms with van der Waals surface area (Å²) in [6, 6.07) is 0.683. The van der Waals surface area contributed by atoms with Gasteiger partial charge in [-0.1, -0.05) is 6.92 Å². The lowest BCUT2D eigenvalue weighted by molar-refractivity contribution is 0.0241. The summed E-state index contributed by atoms with van der Waals surface area (Å²) < 4.78 is 37.1. The first-order valence-electron chi connectivity index (χ1n) is 12.3. The number of aromatic carboxylic acids is 1. The number of hydrogen-bond acceptors (Lipinski definition) is 5. The highest BCUT2D eigenvalue weighted by atomic mass is 32.2. The van der Waals surface area contributed by atoms with Crippen LogP contribution in [0.2, 0.25) is 0 Å². The minimum Gasteiger partial charge on any atom is -0.477 e. The summed E-state index contributed by atoms with van der Waals surface area (Å²) >= 11 is 1.36. The fourth-order valence-corrected chi connectivity index (χ4v) is 6.14. The van der Waals surface area contributed by atoms with Gasteiger partial charge in [0, 0.05) is 41.4 Å². The molecule has 1 saturated heterocycles. The molecule has 1 aliphatic heterocycles. The van der Waals surface area contributed by atoms with E-state index in [0.717, 1.165) is 31.7 Å². The second-order valence-corrected chi connectivity index (χ2v) is 11.5. The number of nitrogens with zero attached hydrogens (tertiary/aromatic N) is 2. The first kappa shape index (κ1) is 26.4. The average molecular weight is 523 g/mol. The number of carbonyl (C=O) groups excluding carboxylic acids is 1. The van der Waals surface area contributed by atoms with E-state index in [2.05, 4.69) is 0 Å². The number of benzene rings is 1. The number of likely N-dealkylation sites (tertiary alicyclic amines) is 1. The van der Waals surface area contributed by atoms with Crippen LogP contribution >= 0.6 is 11.8 Å². The largest absolute Gasteiger partial charge is 0.477 e. The number of carboxylic acid groups (broad SMARTS) is 1. The quantitative estimate of drug-likeness (QED) is 0.516. The van der Waals surface area contributed by atoms with Crippen LogP contribution in [0.15, 0.2) is 10.9 Å². The van der Waals surface area contributed by atoms with Crippen LogP contribution in [0.3, 0.4) is 0 Å². The maximum Gasteiger partial charge on any atom is 0.410 e. The molecular formula is C26H32F2N2O5S. The smallest absolute Gasteiger partial charge is 0.410 e. The highest BCUT2D eigenvalue weighted by Gasteiger charge is 2.34. The molecule has 36 heavy (non-hydrogen) atoms. The van der Waals surface area contributed by atoms with E-state index in [-0.39, 0.29) is 52.4 Å². The summed E-state index contributed by atoms with van der Waals surface area (Å²) in [6.45, 7) is 7.76. The molecule has 1 saturated carbocycles. The fraction of sp³-hybridized carbons (Fsp3) is 0.577. The number of aromatic nitrogens is 1. The van der Waals surface area contributed by atoms with Gasteiger partial charge in [-0.25, -0.2) is 18.4 Å². The molecule has 1 aromatic heterocycles. The molecule has 2 aromatic rings. The van der Waals surface area contributed by atoms with Gasteiger partial charge >= 0.3 is 12.1 Å². The minimum atomic E-state index is -1.36. The fourth-order valence-electron chi connectivity index (χ4n) is 4.94. The lowest BCUT2D eigenvalue weighted by atomic mass is 10.0. The number of halogens is 2. The molecule has 1 unspecified atom stereocenters. The van der Waals surface area contributed by atoms with E-state index in [0.29, 0.717) is 18.0 Å². The lowest BCUT2D eigenvalue weighted by Gasteiger charge is -2.28. The van der Waals surface area contributed by atoms with Crippen molar-refractivity contribution >= 4 is 34.7 Å². The van der Waals surface area contributed by atoms with Crippen molar-refractivity contribution in [3.8, 4) is 0 Å². The van der Waals surface area contributed by atoms with Crippen molar-refractivity contribution in [2.24, 2.45) is 0 Å². The number of fused-ring (bicyclic) bond motifs is 1. The Hall–Kier alpha value is -2.62. The number of amides is 1. The normalized spacial score (nSPS) is 18.2. The summed E-state index contributed by atoms with van der Waals surface area (Å²) in [5.74, 6) is -2.98. The van der Waals surface area contributed by atoms with Crippen molar-refractivity contribution in [2.75, 3.05) is 12.3 Å². The molecular weight excluding hydrogens is 490 g/mol. The molecule has 1 N–H and O–H groups in total. The van der Waals surface area contributed by atoms with Gasteiger partial charge in [0.1, 0.15) is 11.2 Å². The predicted molar refractivity (Wildman–Crippen MR) is 135 cm³/mol. The Morgan fingerprint density at radius 2 is 1.92 bits per heavy atom. The zero-order valence-electron chi connectivity index (χ0n) is 21.0. The molecule has 10 heteroatoms. The minimum absolute atomic E-state index is 0.0488. The Kier molecular flexibility index (Phi) is 7.37. The second kappa shape index (κ2) is 10.0. The van der Waals surface area contributed by atoms with E-state index in [1.807, 2.05) is 20.8 Å². The maximum atomic E-state index is 15.2. The molecule has 2 aliphatic rings. The van der Waals surface area contributed by atoms with Gasteiger partial charge in [0.2, 0.25) is 5.43 Å². The molecule has 0 spiro atoms. The Morgan fingerprint density at radius 3 is 2.50 bits per heavy atom. The van der Waals surface area contributed by atoms with Crippen molar-refractivity contribution < 1.29 is 28.2 Å². The third kappa shape index (κ3) is 5.10. The standard InChI is InChI=1S/C26H32F2N2O5S/c1-5-19-20(24(32)33)23(31)16-11-18(27)21(28)17(22(16)30(19)14-8-9-14)13-36-12-15-7-6-10-29(15)25(34)35-26(2,3)4/h11,14-15H,5-10,12-13H2,1-4H3,(H,32,33). The Bertz CT molecular complexity index is 1270. The van der Waals surface area contributed by atoms with Gasteiger partial charge in [-0.2, -0.15) is 11.8 Å². The lowest BCUT2D eigenvalue weighted by Crippen LogP contribution is -2.40. The molecule has 1 atom stereocenters. The van der Waals surface area contributed by atoms with Crippen LogP contribution in [0.5, 0.6) is 0 Å². The third-order valence-electron chi connectivity index (χ3n) is 6.60. The number of carbonyl (C=O) groups is 2. The van der Waals surface area contributed by atoms with Gasteiger partial charge < -0.3 is 19.3 Å². The van der Waals surface area contributed by atoms with E-state index in [1.165, 1.54) is 11.8 Å². The second-order valence-electron chi connectivity index (χ2n) is 10.4. The van der Waals surface area contributed by atoms with E-state index in [4.69, 9.17) is 4.74 Å². The van der Waals surface area contributed by atoms with Crippen molar-refractivity contribution in [1.29, 1.82) is 0 Å². The van der Waals surface area contributed by atoms with Crippen molar-refractivity contribution in [3.05, 3.63) is 44.7 Å². The summed E-state index contributed by atoms with van der Waals surface area (Å²) in [5.41, 5.74) is -1.09. The van der Waals surface area contributed by atoms with Crippen LogP contribution in [-0.2, 0) is 16.9 Å². The van der Waals surface area contributed by atoms with Crippen LogP contribution in [0, 0.1) is 11.6 Å². The van der Waals surface area contributed by atoms with E-state index in [1.54, 1.807) is 16.4 Å². The molecule has 0 bridgehead atoms. The molecule has 1 aliphatic carbocycles. The van der Waals surface area contributed by atoms with E-state index < -0.39 is 28.6 Å². The summed E-state index contributed by atoms with van der Waals surface area (Å²) in [6.07, 6.45) is 3.07. The van der Waals surface area contributed by atoms with Crippen LogP contribution < -0.4 is 5.43 Å². The first-order chi connectivity index (χ1) is 16.9. The first-order valence-corrected chi connectivity index (χ1v) is 13.5. The van der Waals surface area contributed by atoms with Gasteiger partial charge in [0.05, 0.1) is 10.9 Å². The van der Waals surface area contributed by atoms with Crippen molar-refractivity contribution in [1.82, 2.24) is 9.47 Å². The predicted octanol–water partition coefficient (Wildman–Crippen LogP) is 5.51. The van der Waals surface area contributed by atoms with E-state index >= 15 is 4.39 Å². The number of hydrogen-bond donors (Lipinski definition) is 1. The zero-order chi connectivity index (χ0) is 26.4. The molecule has 2 fully saturated rings. The summed E-state index contributed by atoms with van der Waals surface area (Å²) in [4.78, 5) is 39.4. The topological polar surface area (TPSA) is 88.8 Å². The zero-order valence-corrected chi connectivity index (χ0v) is 21.8. The van der Waals surface area contributed by atoms with Gasteiger partial charge in [0.15, 0.2) is 11.6 Å². The molecule has 196 valence electrons. The summed E-state index contributed by atoms with van der Waals surface area (Å²) in [7, 11) is 0. The van der Waals surface area contributed by atoms with Crippen LogP contribution in [0.25, 0.3) is 10.9 Å². The molecule has 7 nitrogen and oxygen atoms in total.